The Hall–Kier alpha value is -0.180. The van der Waals surface area contributed by atoms with Crippen molar-refractivity contribution in [2.45, 2.75) is 82.7 Å². The van der Waals surface area contributed by atoms with Crippen molar-refractivity contribution in [1.82, 2.24) is 0 Å². The minimum Gasteiger partial charge on any atom is -0.393 e. The van der Waals surface area contributed by atoms with Crippen LogP contribution in [0, 0.1) is 11.8 Å². The maximum atomic E-state index is 13.0. The van der Waals surface area contributed by atoms with Gasteiger partial charge in [0.25, 0.3) is 0 Å². The number of alkyl halides is 2. The van der Waals surface area contributed by atoms with Crippen molar-refractivity contribution in [2.24, 2.45) is 11.8 Å². The molecule has 2 saturated carbocycles. The van der Waals surface area contributed by atoms with Crippen molar-refractivity contribution in [3.63, 3.8) is 0 Å². The molecule has 1 unspecified atom stereocenters. The third kappa shape index (κ3) is 4.18. The van der Waals surface area contributed by atoms with Crippen LogP contribution in [0.15, 0.2) is 0 Å². The van der Waals surface area contributed by atoms with E-state index < -0.39 is 5.92 Å². The van der Waals surface area contributed by atoms with Crippen LogP contribution in [-0.2, 0) is 0 Å². The molecule has 2 aliphatic rings. The van der Waals surface area contributed by atoms with Gasteiger partial charge in [0.15, 0.2) is 0 Å². The van der Waals surface area contributed by atoms with Crippen LogP contribution in [0.1, 0.15) is 70.6 Å². The van der Waals surface area contributed by atoms with Gasteiger partial charge in [-0.05, 0) is 37.5 Å². The monoisotopic (exact) mass is 260 g/mol. The van der Waals surface area contributed by atoms with E-state index in [9.17, 15) is 13.9 Å². The van der Waals surface area contributed by atoms with Gasteiger partial charge in [-0.3, -0.25) is 0 Å². The van der Waals surface area contributed by atoms with Crippen molar-refractivity contribution >= 4 is 0 Å². The fourth-order valence-electron chi connectivity index (χ4n) is 3.57. The van der Waals surface area contributed by atoms with Gasteiger partial charge in [-0.2, -0.15) is 0 Å². The molecule has 3 heteroatoms. The van der Waals surface area contributed by atoms with E-state index in [4.69, 9.17) is 0 Å². The number of aliphatic hydroxyl groups is 1. The van der Waals surface area contributed by atoms with Crippen LogP contribution in [0.3, 0.4) is 0 Å². The van der Waals surface area contributed by atoms with E-state index >= 15 is 0 Å². The fourth-order valence-corrected chi connectivity index (χ4v) is 3.57. The molecule has 0 heterocycles. The predicted molar refractivity (Wildman–Crippen MR) is 68.7 cm³/mol. The molecule has 0 bridgehead atoms. The average Bonchev–Trinajstić information content (AvgIpc) is 2.37. The van der Waals surface area contributed by atoms with E-state index in [0.29, 0.717) is 12.8 Å². The smallest absolute Gasteiger partial charge is 0.248 e. The van der Waals surface area contributed by atoms with Crippen molar-refractivity contribution in [1.29, 1.82) is 0 Å². The molecule has 106 valence electrons. The molecule has 1 atom stereocenters. The second-order valence-corrected chi connectivity index (χ2v) is 6.34. The molecule has 0 aromatic carbocycles. The Balaban J connectivity index is 1.66. The number of hydrogen-bond acceptors (Lipinski definition) is 1. The number of hydrogen-bond donors (Lipinski definition) is 1. The molecule has 0 aromatic heterocycles. The van der Waals surface area contributed by atoms with Crippen LogP contribution >= 0.6 is 0 Å². The van der Waals surface area contributed by atoms with Crippen LogP contribution in [0.2, 0.25) is 0 Å². The zero-order valence-electron chi connectivity index (χ0n) is 11.2. The highest BCUT2D eigenvalue weighted by atomic mass is 19.3. The maximum Gasteiger partial charge on any atom is 0.248 e. The average molecular weight is 260 g/mol. The summed E-state index contributed by atoms with van der Waals surface area (Å²) in [6.45, 7) is 0. The Kier molecular flexibility index (Phi) is 4.99. The third-order valence-electron chi connectivity index (χ3n) is 4.90. The summed E-state index contributed by atoms with van der Waals surface area (Å²) in [5.41, 5.74) is 0. The second kappa shape index (κ2) is 6.31. The van der Waals surface area contributed by atoms with E-state index in [-0.39, 0.29) is 24.9 Å². The van der Waals surface area contributed by atoms with Gasteiger partial charge < -0.3 is 5.11 Å². The van der Waals surface area contributed by atoms with E-state index in [1.807, 2.05) is 0 Å². The molecule has 1 nitrogen and oxygen atoms in total. The van der Waals surface area contributed by atoms with E-state index in [1.165, 1.54) is 32.1 Å². The zero-order valence-corrected chi connectivity index (χ0v) is 11.2. The van der Waals surface area contributed by atoms with Crippen molar-refractivity contribution in [3.8, 4) is 0 Å². The molecule has 2 rings (SSSR count). The largest absolute Gasteiger partial charge is 0.393 e. The summed E-state index contributed by atoms with van der Waals surface area (Å²) in [6, 6.07) is 0. The van der Waals surface area contributed by atoms with Crippen LogP contribution < -0.4 is 0 Å². The van der Waals surface area contributed by atoms with Gasteiger partial charge >= 0.3 is 0 Å². The Morgan fingerprint density at radius 1 is 1.00 bits per heavy atom. The summed E-state index contributed by atoms with van der Waals surface area (Å²) in [6.07, 6.45) is 9.13. The Bertz CT molecular complexity index is 239. The first kappa shape index (κ1) is 14.2. The first-order chi connectivity index (χ1) is 8.57. The molecule has 2 aliphatic carbocycles. The summed E-state index contributed by atoms with van der Waals surface area (Å²) in [5.74, 6) is -1.58. The van der Waals surface area contributed by atoms with Crippen LogP contribution in [-0.4, -0.2) is 17.1 Å². The van der Waals surface area contributed by atoms with Gasteiger partial charge in [0.05, 0.1) is 6.10 Å². The van der Waals surface area contributed by atoms with Gasteiger partial charge in [0.1, 0.15) is 0 Å². The standard InChI is InChI=1S/C15H26F2O/c16-15(17)10-8-13(9-11-15)14(18)7-6-12-4-2-1-3-5-12/h12-14,18H,1-11H2. The minimum atomic E-state index is -2.47. The molecule has 0 radical (unpaired) electrons. The minimum absolute atomic E-state index is 0.0296. The van der Waals surface area contributed by atoms with Crippen LogP contribution in [0.5, 0.6) is 0 Å². The summed E-state index contributed by atoms with van der Waals surface area (Å²) < 4.78 is 26.1. The van der Waals surface area contributed by atoms with Gasteiger partial charge in [-0.25, -0.2) is 8.78 Å². The molecule has 0 spiro atoms. The van der Waals surface area contributed by atoms with E-state index in [0.717, 1.165) is 18.8 Å². The lowest BCUT2D eigenvalue weighted by Crippen LogP contribution is -2.31. The van der Waals surface area contributed by atoms with Crippen LogP contribution in [0.4, 0.5) is 8.78 Å². The highest BCUT2D eigenvalue weighted by molar-refractivity contribution is 4.82. The molecular formula is C15H26F2O. The lowest BCUT2D eigenvalue weighted by Gasteiger charge is -2.32. The van der Waals surface area contributed by atoms with Crippen molar-refractivity contribution in [2.75, 3.05) is 0 Å². The summed E-state index contributed by atoms with van der Waals surface area (Å²) >= 11 is 0. The Morgan fingerprint density at radius 2 is 1.61 bits per heavy atom. The third-order valence-corrected chi connectivity index (χ3v) is 4.90. The molecular weight excluding hydrogens is 234 g/mol. The fraction of sp³-hybridized carbons (Fsp3) is 1.00. The molecule has 0 aliphatic heterocycles. The first-order valence-corrected chi connectivity index (χ1v) is 7.63. The lowest BCUT2D eigenvalue weighted by molar-refractivity contribution is -0.0636. The molecule has 0 amide bonds. The van der Waals surface area contributed by atoms with E-state index in [2.05, 4.69) is 0 Å². The molecule has 0 saturated heterocycles. The normalized spacial score (nSPS) is 28.2. The summed E-state index contributed by atoms with van der Waals surface area (Å²) in [4.78, 5) is 0. The van der Waals surface area contributed by atoms with Crippen molar-refractivity contribution < 1.29 is 13.9 Å². The first-order valence-electron chi connectivity index (χ1n) is 7.63. The van der Waals surface area contributed by atoms with E-state index in [1.54, 1.807) is 0 Å². The molecule has 1 N–H and O–H groups in total. The topological polar surface area (TPSA) is 20.2 Å². The number of halogens is 2. The van der Waals surface area contributed by atoms with Crippen LogP contribution in [0.25, 0.3) is 0 Å². The number of rotatable bonds is 4. The summed E-state index contributed by atoms with van der Waals surface area (Å²) in [7, 11) is 0. The lowest BCUT2D eigenvalue weighted by atomic mass is 9.79. The Labute approximate surface area is 109 Å². The SMILES string of the molecule is OC(CCC1CCCCC1)C1CCC(F)(F)CC1. The van der Waals surface area contributed by atoms with Gasteiger partial charge in [-0.1, -0.05) is 32.1 Å². The van der Waals surface area contributed by atoms with Gasteiger partial charge in [0, 0.05) is 12.8 Å². The maximum absolute atomic E-state index is 13.0. The number of aliphatic hydroxyl groups excluding tert-OH is 1. The second-order valence-electron chi connectivity index (χ2n) is 6.34. The highest BCUT2D eigenvalue weighted by Crippen LogP contribution is 2.38. The quantitative estimate of drug-likeness (QED) is 0.787. The highest BCUT2D eigenvalue weighted by Gasteiger charge is 2.37. The van der Waals surface area contributed by atoms with Gasteiger partial charge in [0.2, 0.25) is 5.92 Å². The van der Waals surface area contributed by atoms with Gasteiger partial charge in [-0.15, -0.1) is 0 Å². The summed E-state index contributed by atoms with van der Waals surface area (Å²) in [5, 5.41) is 10.1. The molecule has 2 fully saturated rings. The zero-order chi connectivity index (χ0) is 13.0. The molecule has 0 aromatic rings. The van der Waals surface area contributed by atoms with Crippen molar-refractivity contribution in [3.05, 3.63) is 0 Å². The molecule has 18 heavy (non-hydrogen) atoms. The predicted octanol–water partition coefficient (Wildman–Crippen LogP) is 4.53. The Morgan fingerprint density at radius 3 is 2.22 bits per heavy atom.